The van der Waals surface area contributed by atoms with Crippen molar-refractivity contribution in [2.45, 2.75) is 10.8 Å². The average molecular weight is 238 g/mol. The van der Waals surface area contributed by atoms with Crippen molar-refractivity contribution in [2.75, 3.05) is 0 Å². The van der Waals surface area contributed by atoms with Gasteiger partial charge in [0.1, 0.15) is 0 Å². The summed E-state index contributed by atoms with van der Waals surface area (Å²) in [6.45, 7) is 1.97. The van der Waals surface area contributed by atoms with Gasteiger partial charge in [0.15, 0.2) is 0 Å². The fourth-order valence-electron chi connectivity index (χ4n) is 0.594. The first-order chi connectivity index (χ1) is 4.22. The summed E-state index contributed by atoms with van der Waals surface area (Å²) in [5, 5.41) is 3.66. The lowest BCUT2D eigenvalue weighted by atomic mass is 10.1. The smallest absolute Gasteiger partial charge is 0.253 e. The monoisotopic (exact) mass is 238 g/mol. The van der Waals surface area contributed by atoms with Gasteiger partial charge in [-0.05, 0) is 0 Å². The molecule has 1 aliphatic rings. The molecule has 2 unspecified atom stereocenters. The third-order valence-corrected chi connectivity index (χ3v) is 2.90. The molecule has 4 heteroatoms. The second kappa shape index (κ2) is 2.64. The number of nitrogens with zero attached hydrogens (tertiary/aromatic N) is 1. The molecule has 9 heavy (non-hydrogen) atoms. The molecule has 0 saturated heterocycles. The molecule has 0 spiro atoms. The molecule has 0 saturated carbocycles. The lowest BCUT2D eigenvalue weighted by Crippen LogP contribution is -2.36. The topological polar surface area (TPSA) is 41.5 Å². The van der Waals surface area contributed by atoms with Crippen molar-refractivity contribution < 1.29 is 4.79 Å². The Labute approximate surface area is 67.0 Å². The zero-order chi connectivity index (χ0) is 6.85. The molecule has 1 rings (SSSR count). The Morgan fingerprint density at radius 1 is 1.89 bits per heavy atom. The number of hydrogen-bond acceptors (Lipinski definition) is 2. The van der Waals surface area contributed by atoms with Gasteiger partial charge in [0, 0.05) is 12.1 Å². The van der Waals surface area contributed by atoms with E-state index >= 15 is 0 Å². The van der Waals surface area contributed by atoms with Crippen LogP contribution in [0.1, 0.15) is 6.92 Å². The SMILES string of the molecule is CC1C=NNC(=O)C1I. The van der Waals surface area contributed by atoms with Crippen LogP contribution < -0.4 is 5.43 Å². The fraction of sp³-hybridized carbons (Fsp3) is 0.600. The van der Waals surface area contributed by atoms with E-state index in [1.165, 1.54) is 0 Å². The van der Waals surface area contributed by atoms with Crippen molar-refractivity contribution in [3.8, 4) is 0 Å². The van der Waals surface area contributed by atoms with Crippen LogP contribution in [0.2, 0.25) is 0 Å². The fourth-order valence-corrected chi connectivity index (χ4v) is 0.919. The number of carbonyl (C=O) groups excluding carboxylic acids is 1. The Morgan fingerprint density at radius 2 is 2.56 bits per heavy atom. The first-order valence-corrected chi connectivity index (χ1v) is 3.93. The minimum Gasteiger partial charge on any atom is -0.272 e. The standard InChI is InChI=1S/C5H7IN2O/c1-3-2-7-8-5(9)4(3)6/h2-4H,1H3,(H,8,9). The van der Waals surface area contributed by atoms with Crippen molar-refractivity contribution in [1.82, 2.24) is 5.43 Å². The summed E-state index contributed by atoms with van der Waals surface area (Å²) < 4.78 is 0.0418. The van der Waals surface area contributed by atoms with E-state index in [4.69, 9.17) is 0 Å². The highest BCUT2D eigenvalue weighted by atomic mass is 127. The van der Waals surface area contributed by atoms with Crippen molar-refractivity contribution in [3.05, 3.63) is 0 Å². The van der Waals surface area contributed by atoms with Crippen molar-refractivity contribution in [1.29, 1.82) is 0 Å². The maximum atomic E-state index is 10.8. The first-order valence-electron chi connectivity index (χ1n) is 2.69. The Bertz CT molecular complexity index is 157. The van der Waals surface area contributed by atoms with Crippen molar-refractivity contribution in [2.24, 2.45) is 11.0 Å². The van der Waals surface area contributed by atoms with Crippen LogP contribution in [0.4, 0.5) is 0 Å². The summed E-state index contributed by atoms with van der Waals surface area (Å²) in [7, 11) is 0. The van der Waals surface area contributed by atoms with Crippen LogP contribution in [0.5, 0.6) is 0 Å². The molecule has 0 bridgehead atoms. The molecular weight excluding hydrogens is 231 g/mol. The van der Waals surface area contributed by atoms with Crippen LogP contribution in [0.15, 0.2) is 5.10 Å². The van der Waals surface area contributed by atoms with Gasteiger partial charge in [-0.15, -0.1) is 0 Å². The Morgan fingerprint density at radius 3 is 3.00 bits per heavy atom. The van der Waals surface area contributed by atoms with Gasteiger partial charge in [-0.2, -0.15) is 5.10 Å². The van der Waals surface area contributed by atoms with Gasteiger partial charge < -0.3 is 0 Å². The molecule has 0 radical (unpaired) electrons. The van der Waals surface area contributed by atoms with E-state index in [-0.39, 0.29) is 15.7 Å². The number of alkyl halides is 1. The molecule has 0 aromatic heterocycles. The molecule has 0 fully saturated rings. The molecule has 1 aliphatic heterocycles. The lowest BCUT2D eigenvalue weighted by Gasteiger charge is -2.16. The third-order valence-electron chi connectivity index (χ3n) is 1.20. The Hall–Kier alpha value is -0.130. The van der Waals surface area contributed by atoms with Gasteiger partial charge in [-0.3, -0.25) is 4.79 Å². The maximum Gasteiger partial charge on any atom is 0.253 e. The average Bonchev–Trinajstić information content (AvgIpc) is 1.83. The quantitative estimate of drug-likeness (QED) is 0.485. The Balaban J connectivity index is 2.69. The molecule has 1 amide bonds. The number of hydrazone groups is 1. The van der Waals surface area contributed by atoms with Gasteiger partial charge in [-0.25, -0.2) is 5.43 Å². The molecule has 3 nitrogen and oxygen atoms in total. The molecule has 0 aromatic rings. The second-order valence-corrected chi connectivity index (χ2v) is 3.36. The van der Waals surface area contributed by atoms with Gasteiger partial charge in [0.05, 0.1) is 3.92 Å². The zero-order valence-electron chi connectivity index (χ0n) is 4.97. The van der Waals surface area contributed by atoms with E-state index in [0.717, 1.165) is 0 Å². The number of carbonyl (C=O) groups is 1. The maximum absolute atomic E-state index is 10.8. The van der Waals surface area contributed by atoms with Gasteiger partial charge in [-0.1, -0.05) is 29.5 Å². The molecule has 0 aromatic carbocycles. The lowest BCUT2D eigenvalue weighted by molar-refractivity contribution is -0.120. The number of rotatable bonds is 0. The van der Waals surface area contributed by atoms with Crippen LogP contribution in [0, 0.1) is 5.92 Å². The van der Waals surface area contributed by atoms with Crippen molar-refractivity contribution >= 4 is 34.7 Å². The van der Waals surface area contributed by atoms with Crippen LogP contribution >= 0.6 is 22.6 Å². The van der Waals surface area contributed by atoms with E-state index < -0.39 is 0 Å². The normalized spacial score (nSPS) is 34.2. The summed E-state index contributed by atoms with van der Waals surface area (Å²) in [6, 6.07) is 0. The van der Waals surface area contributed by atoms with Crippen LogP contribution in [0.25, 0.3) is 0 Å². The number of nitrogens with one attached hydrogen (secondary N) is 1. The van der Waals surface area contributed by atoms with E-state index in [9.17, 15) is 4.79 Å². The summed E-state index contributed by atoms with van der Waals surface area (Å²) in [5.74, 6) is 0.268. The van der Waals surface area contributed by atoms with E-state index in [2.05, 4.69) is 33.1 Å². The molecule has 50 valence electrons. The largest absolute Gasteiger partial charge is 0.272 e. The van der Waals surface area contributed by atoms with E-state index in [1.54, 1.807) is 6.21 Å². The predicted octanol–water partition coefficient (Wildman–Crippen LogP) is 0.542. The highest BCUT2D eigenvalue weighted by Crippen LogP contribution is 2.13. The number of halogens is 1. The molecule has 1 heterocycles. The number of hydrogen-bond donors (Lipinski definition) is 1. The summed E-state index contributed by atoms with van der Waals surface area (Å²) in [4.78, 5) is 10.8. The zero-order valence-corrected chi connectivity index (χ0v) is 7.12. The van der Waals surface area contributed by atoms with Gasteiger partial charge in [0.2, 0.25) is 0 Å². The van der Waals surface area contributed by atoms with Crippen molar-refractivity contribution in [3.63, 3.8) is 0 Å². The second-order valence-electron chi connectivity index (χ2n) is 2.02. The van der Waals surface area contributed by atoms with E-state index in [1.807, 2.05) is 6.92 Å². The molecule has 2 atom stereocenters. The Kier molecular flexibility index (Phi) is 2.05. The molecular formula is C5H7IN2O. The highest BCUT2D eigenvalue weighted by molar-refractivity contribution is 14.1. The van der Waals surface area contributed by atoms with Crippen LogP contribution in [-0.4, -0.2) is 16.0 Å². The number of amides is 1. The highest BCUT2D eigenvalue weighted by Gasteiger charge is 2.22. The molecule has 0 aliphatic carbocycles. The van der Waals surface area contributed by atoms with Gasteiger partial charge in [0.25, 0.3) is 5.91 Å². The summed E-state index contributed by atoms with van der Waals surface area (Å²) in [6.07, 6.45) is 1.75. The third kappa shape index (κ3) is 1.41. The predicted molar refractivity (Wildman–Crippen MR) is 43.6 cm³/mol. The van der Waals surface area contributed by atoms with Crippen LogP contribution in [0.3, 0.4) is 0 Å². The minimum atomic E-state index is 0.00519. The first kappa shape index (κ1) is 6.98. The van der Waals surface area contributed by atoms with Crippen LogP contribution in [-0.2, 0) is 4.79 Å². The minimum absolute atomic E-state index is 0.00519. The van der Waals surface area contributed by atoms with Gasteiger partial charge >= 0.3 is 0 Å². The molecule has 1 N–H and O–H groups in total. The summed E-state index contributed by atoms with van der Waals surface area (Å²) >= 11 is 2.11. The van der Waals surface area contributed by atoms with E-state index in [0.29, 0.717) is 0 Å². The summed E-state index contributed by atoms with van der Waals surface area (Å²) in [5.41, 5.74) is 2.39.